The minimum atomic E-state index is -4.36. The smallest absolute Gasteiger partial charge is 0.416 e. The van der Waals surface area contributed by atoms with Gasteiger partial charge in [0.05, 0.1) is 11.3 Å². The molecule has 2 rings (SSSR count). The van der Waals surface area contributed by atoms with Crippen LogP contribution >= 0.6 is 0 Å². The normalized spacial score (nSPS) is 11.8. The minimum absolute atomic E-state index is 0.186. The highest BCUT2D eigenvalue weighted by atomic mass is 19.4. The van der Waals surface area contributed by atoms with Gasteiger partial charge >= 0.3 is 6.18 Å². The third kappa shape index (κ3) is 2.70. The molecular formula is C12H11F3N2O. The van der Waals surface area contributed by atoms with Crippen molar-refractivity contribution in [3.05, 3.63) is 41.8 Å². The lowest BCUT2D eigenvalue weighted by molar-refractivity contribution is -0.137. The zero-order valence-corrected chi connectivity index (χ0v) is 9.58. The van der Waals surface area contributed by atoms with Crippen molar-refractivity contribution in [3.8, 4) is 11.5 Å². The summed E-state index contributed by atoms with van der Waals surface area (Å²) in [7, 11) is 1.75. The van der Waals surface area contributed by atoms with Gasteiger partial charge in [-0.1, -0.05) is 6.07 Å². The Morgan fingerprint density at radius 1 is 1.33 bits per heavy atom. The van der Waals surface area contributed by atoms with E-state index in [2.05, 4.69) is 10.3 Å². The van der Waals surface area contributed by atoms with Crippen LogP contribution in [0.3, 0.4) is 0 Å². The van der Waals surface area contributed by atoms with Gasteiger partial charge in [0.15, 0.2) is 0 Å². The molecular weight excluding hydrogens is 245 g/mol. The lowest BCUT2D eigenvalue weighted by Crippen LogP contribution is -2.05. The Kier molecular flexibility index (Phi) is 3.38. The van der Waals surface area contributed by atoms with Crippen LogP contribution in [0.25, 0.3) is 11.5 Å². The number of hydrogen-bond donors (Lipinski definition) is 1. The van der Waals surface area contributed by atoms with Gasteiger partial charge in [-0.05, 0) is 25.2 Å². The molecule has 0 amide bonds. The number of rotatable bonds is 3. The third-order valence-corrected chi connectivity index (χ3v) is 2.35. The molecule has 1 aromatic heterocycles. The molecule has 6 heteroatoms. The number of benzene rings is 1. The second kappa shape index (κ2) is 4.81. The first-order valence-corrected chi connectivity index (χ1v) is 5.27. The van der Waals surface area contributed by atoms with E-state index in [1.165, 1.54) is 18.4 Å². The van der Waals surface area contributed by atoms with Crippen LogP contribution in [0.1, 0.15) is 11.3 Å². The topological polar surface area (TPSA) is 38.1 Å². The van der Waals surface area contributed by atoms with Crippen molar-refractivity contribution in [3.63, 3.8) is 0 Å². The van der Waals surface area contributed by atoms with Crippen LogP contribution < -0.4 is 5.32 Å². The summed E-state index contributed by atoms with van der Waals surface area (Å²) in [5, 5.41) is 2.88. The van der Waals surface area contributed by atoms with E-state index in [1.807, 2.05) is 0 Å². The van der Waals surface area contributed by atoms with Crippen LogP contribution in [-0.2, 0) is 12.7 Å². The van der Waals surface area contributed by atoms with Gasteiger partial charge in [0.25, 0.3) is 0 Å². The van der Waals surface area contributed by atoms with E-state index >= 15 is 0 Å². The number of oxazole rings is 1. The fourth-order valence-electron chi connectivity index (χ4n) is 1.53. The predicted molar refractivity (Wildman–Crippen MR) is 59.7 cm³/mol. The summed E-state index contributed by atoms with van der Waals surface area (Å²) in [6.45, 7) is 0.502. The first-order valence-electron chi connectivity index (χ1n) is 5.27. The fraction of sp³-hybridized carbons (Fsp3) is 0.250. The fourth-order valence-corrected chi connectivity index (χ4v) is 1.53. The zero-order chi connectivity index (χ0) is 13.2. The second-order valence-electron chi connectivity index (χ2n) is 3.75. The van der Waals surface area contributed by atoms with Crippen LogP contribution in [0, 0.1) is 0 Å². The quantitative estimate of drug-likeness (QED) is 0.917. The molecule has 0 spiro atoms. The van der Waals surface area contributed by atoms with Crippen molar-refractivity contribution in [1.29, 1.82) is 0 Å². The van der Waals surface area contributed by atoms with Gasteiger partial charge in [-0.25, -0.2) is 4.98 Å². The second-order valence-corrected chi connectivity index (χ2v) is 3.75. The van der Waals surface area contributed by atoms with Crippen LogP contribution in [0.4, 0.5) is 13.2 Å². The van der Waals surface area contributed by atoms with Gasteiger partial charge in [-0.3, -0.25) is 0 Å². The van der Waals surface area contributed by atoms with Crippen molar-refractivity contribution in [2.75, 3.05) is 7.05 Å². The van der Waals surface area contributed by atoms with Gasteiger partial charge in [0.1, 0.15) is 6.26 Å². The number of alkyl halides is 3. The van der Waals surface area contributed by atoms with Gasteiger partial charge in [0.2, 0.25) is 5.89 Å². The average Bonchev–Trinajstić information content (AvgIpc) is 2.77. The number of nitrogens with one attached hydrogen (secondary N) is 1. The monoisotopic (exact) mass is 256 g/mol. The first-order chi connectivity index (χ1) is 8.50. The molecule has 1 heterocycles. The Morgan fingerprint density at radius 3 is 2.78 bits per heavy atom. The molecule has 0 aliphatic carbocycles. The molecule has 0 aliphatic rings. The third-order valence-electron chi connectivity index (χ3n) is 2.35. The van der Waals surface area contributed by atoms with Crippen molar-refractivity contribution in [1.82, 2.24) is 10.3 Å². The zero-order valence-electron chi connectivity index (χ0n) is 9.58. The van der Waals surface area contributed by atoms with Crippen LogP contribution in [-0.4, -0.2) is 12.0 Å². The van der Waals surface area contributed by atoms with Crippen molar-refractivity contribution in [2.24, 2.45) is 0 Å². The Labute approximate surface area is 102 Å². The van der Waals surface area contributed by atoms with Crippen LogP contribution in [0.2, 0.25) is 0 Å². The minimum Gasteiger partial charge on any atom is -0.444 e. The predicted octanol–water partition coefficient (Wildman–Crippen LogP) is 3.08. The summed E-state index contributed by atoms with van der Waals surface area (Å²) in [5.41, 5.74) is 0.241. The molecule has 0 unspecified atom stereocenters. The summed E-state index contributed by atoms with van der Waals surface area (Å²) in [5.74, 6) is 0.186. The molecule has 0 aliphatic heterocycles. The lowest BCUT2D eigenvalue weighted by atomic mass is 10.1. The van der Waals surface area contributed by atoms with E-state index in [0.29, 0.717) is 17.8 Å². The van der Waals surface area contributed by atoms with E-state index in [0.717, 1.165) is 12.1 Å². The Morgan fingerprint density at radius 2 is 2.11 bits per heavy atom. The van der Waals surface area contributed by atoms with Crippen molar-refractivity contribution in [2.45, 2.75) is 12.7 Å². The van der Waals surface area contributed by atoms with Gasteiger partial charge in [-0.15, -0.1) is 0 Å². The molecule has 0 atom stereocenters. The Hall–Kier alpha value is -1.82. The summed E-state index contributed by atoms with van der Waals surface area (Å²) in [6.07, 6.45) is -2.94. The van der Waals surface area contributed by atoms with Crippen LogP contribution in [0.5, 0.6) is 0 Å². The standard InChI is InChI=1S/C12H11F3N2O/c1-16-6-10-7-18-11(17-10)8-3-2-4-9(5-8)12(13,14)15/h2-5,7,16H,6H2,1H3. The maximum atomic E-state index is 12.5. The maximum Gasteiger partial charge on any atom is 0.416 e. The number of halogens is 3. The molecule has 0 saturated heterocycles. The van der Waals surface area contributed by atoms with Gasteiger partial charge in [0, 0.05) is 12.1 Å². The van der Waals surface area contributed by atoms with E-state index < -0.39 is 11.7 Å². The van der Waals surface area contributed by atoms with Gasteiger partial charge < -0.3 is 9.73 Å². The van der Waals surface area contributed by atoms with E-state index in [4.69, 9.17) is 4.42 Å². The molecule has 3 nitrogen and oxygen atoms in total. The molecule has 0 bridgehead atoms. The van der Waals surface area contributed by atoms with E-state index in [1.54, 1.807) is 7.05 Å². The molecule has 0 saturated carbocycles. The molecule has 18 heavy (non-hydrogen) atoms. The number of hydrogen-bond acceptors (Lipinski definition) is 3. The van der Waals surface area contributed by atoms with Crippen LogP contribution in [0.15, 0.2) is 34.9 Å². The first kappa shape index (κ1) is 12.6. The van der Waals surface area contributed by atoms with E-state index in [-0.39, 0.29) is 5.89 Å². The van der Waals surface area contributed by atoms with E-state index in [9.17, 15) is 13.2 Å². The highest BCUT2D eigenvalue weighted by Crippen LogP contribution is 2.31. The summed E-state index contributed by atoms with van der Waals surface area (Å²) >= 11 is 0. The Balaban J connectivity index is 2.32. The molecule has 96 valence electrons. The number of nitrogens with zero attached hydrogens (tertiary/aromatic N) is 1. The lowest BCUT2D eigenvalue weighted by Gasteiger charge is -2.06. The largest absolute Gasteiger partial charge is 0.444 e. The highest BCUT2D eigenvalue weighted by molar-refractivity contribution is 5.54. The molecule has 0 fully saturated rings. The maximum absolute atomic E-state index is 12.5. The highest BCUT2D eigenvalue weighted by Gasteiger charge is 2.30. The number of aromatic nitrogens is 1. The van der Waals surface area contributed by atoms with Crippen molar-refractivity contribution >= 4 is 0 Å². The summed E-state index contributed by atoms with van der Waals surface area (Å²) in [6, 6.07) is 4.90. The average molecular weight is 256 g/mol. The summed E-state index contributed by atoms with van der Waals surface area (Å²) < 4.78 is 42.8. The van der Waals surface area contributed by atoms with Gasteiger partial charge in [-0.2, -0.15) is 13.2 Å². The molecule has 0 radical (unpaired) electrons. The molecule has 1 N–H and O–H groups in total. The van der Waals surface area contributed by atoms with Crippen molar-refractivity contribution < 1.29 is 17.6 Å². The molecule has 2 aromatic rings. The molecule has 1 aromatic carbocycles. The summed E-state index contributed by atoms with van der Waals surface area (Å²) in [4.78, 5) is 4.10. The SMILES string of the molecule is CNCc1coc(-c2cccc(C(F)(F)F)c2)n1. The Bertz CT molecular complexity index is 534.